The molecule has 3 nitrogen and oxygen atoms in total. The van der Waals surface area contributed by atoms with Crippen LogP contribution in [0, 0.1) is 32.1 Å². The topological polar surface area (TPSA) is 45.9 Å². The number of aromatic nitrogens is 1. The molecule has 0 aliphatic heterocycles. The highest BCUT2D eigenvalue weighted by atomic mass is 32.1. The molecule has 0 N–H and O–H groups in total. The van der Waals surface area contributed by atoms with E-state index in [2.05, 4.69) is 11.1 Å². The molecule has 1 heterocycles. The molecule has 0 amide bonds. The van der Waals surface area contributed by atoms with Gasteiger partial charge in [-0.05, 0) is 43.5 Å². The van der Waals surface area contributed by atoms with Crippen LogP contribution in [-0.2, 0) is 0 Å². The first kappa shape index (κ1) is 12.6. The fourth-order valence-corrected chi connectivity index (χ4v) is 2.73. The molecule has 0 aliphatic carbocycles. The van der Waals surface area contributed by atoms with Crippen LogP contribution in [0.4, 0.5) is 0 Å². The van der Waals surface area contributed by atoms with Crippen molar-refractivity contribution in [1.29, 1.82) is 5.26 Å². The molecule has 1 aromatic heterocycles. The van der Waals surface area contributed by atoms with E-state index in [0.29, 0.717) is 4.88 Å². The maximum atomic E-state index is 9.09. The summed E-state index contributed by atoms with van der Waals surface area (Å²) in [7, 11) is 1.68. The molecule has 2 rings (SSSR count). The number of hydrogen-bond acceptors (Lipinski definition) is 4. The summed E-state index contributed by atoms with van der Waals surface area (Å²) in [5.74, 6) is 0.907. The lowest BCUT2D eigenvalue weighted by atomic mass is 9.96. The van der Waals surface area contributed by atoms with E-state index in [4.69, 9.17) is 10.00 Å². The molecule has 0 atom stereocenters. The molecule has 0 saturated carbocycles. The van der Waals surface area contributed by atoms with Gasteiger partial charge in [0.1, 0.15) is 16.7 Å². The monoisotopic (exact) mass is 258 g/mol. The number of hydrogen-bond donors (Lipinski definition) is 0. The van der Waals surface area contributed by atoms with E-state index in [9.17, 15) is 0 Å². The van der Waals surface area contributed by atoms with E-state index in [-0.39, 0.29) is 0 Å². The molecule has 92 valence electrons. The van der Waals surface area contributed by atoms with Crippen LogP contribution >= 0.6 is 11.3 Å². The van der Waals surface area contributed by atoms with Crippen molar-refractivity contribution in [2.75, 3.05) is 7.11 Å². The third-order valence-electron chi connectivity index (χ3n) is 3.15. The van der Waals surface area contributed by atoms with Crippen LogP contribution in [0.5, 0.6) is 5.75 Å². The van der Waals surface area contributed by atoms with Crippen molar-refractivity contribution in [2.24, 2.45) is 0 Å². The summed E-state index contributed by atoms with van der Waals surface area (Å²) in [6.07, 6.45) is 0. The van der Waals surface area contributed by atoms with E-state index < -0.39 is 0 Å². The summed E-state index contributed by atoms with van der Waals surface area (Å²) < 4.78 is 5.40. The normalized spacial score (nSPS) is 10.2. The first-order chi connectivity index (χ1) is 8.60. The van der Waals surface area contributed by atoms with Gasteiger partial charge in [-0.15, -0.1) is 11.3 Å². The van der Waals surface area contributed by atoms with Gasteiger partial charge in [0.25, 0.3) is 0 Å². The lowest BCUT2D eigenvalue weighted by Crippen LogP contribution is -1.97. The van der Waals surface area contributed by atoms with E-state index in [1.54, 1.807) is 12.6 Å². The minimum absolute atomic E-state index is 0.655. The SMILES string of the molecule is COc1c(C)cc(-c2ncsc2C#N)c(C)c1C. The summed E-state index contributed by atoms with van der Waals surface area (Å²) in [5.41, 5.74) is 6.77. The molecule has 2 aromatic rings. The van der Waals surface area contributed by atoms with Crippen molar-refractivity contribution in [3.8, 4) is 23.1 Å². The molecule has 0 bridgehead atoms. The van der Waals surface area contributed by atoms with Crippen molar-refractivity contribution in [1.82, 2.24) is 4.98 Å². The van der Waals surface area contributed by atoms with Crippen LogP contribution in [0.2, 0.25) is 0 Å². The van der Waals surface area contributed by atoms with Gasteiger partial charge in [0.05, 0.1) is 18.3 Å². The van der Waals surface area contributed by atoms with Gasteiger partial charge in [-0.2, -0.15) is 5.26 Å². The van der Waals surface area contributed by atoms with Crippen LogP contribution in [0.1, 0.15) is 21.6 Å². The largest absolute Gasteiger partial charge is 0.496 e. The first-order valence-electron chi connectivity index (χ1n) is 5.58. The Kier molecular flexibility index (Phi) is 3.35. The summed E-state index contributed by atoms with van der Waals surface area (Å²) in [4.78, 5) is 4.97. The van der Waals surface area contributed by atoms with Crippen LogP contribution in [0.15, 0.2) is 11.6 Å². The fourth-order valence-electron chi connectivity index (χ4n) is 2.14. The molecule has 0 unspecified atom stereocenters. The Balaban J connectivity index is 2.71. The van der Waals surface area contributed by atoms with Crippen LogP contribution < -0.4 is 4.74 Å². The van der Waals surface area contributed by atoms with Gasteiger partial charge >= 0.3 is 0 Å². The number of nitrogens with zero attached hydrogens (tertiary/aromatic N) is 2. The number of benzene rings is 1. The summed E-state index contributed by atoms with van der Waals surface area (Å²) in [6.45, 7) is 6.07. The van der Waals surface area contributed by atoms with E-state index >= 15 is 0 Å². The van der Waals surface area contributed by atoms with E-state index in [0.717, 1.165) is 33.7 Å². The molecule has 0 radical (unpaired) electrons. The Morgan fingerprint density at radius 3 is 2.61 bits per heavy atom. The Morgan fingerprint density at radius 1 is 1.28 bits per heavy atom. The summed E-state index contributed by atoms with van der Waals surface area (Å²) in [6, 6.07) is 4.23. The minimum Gasteiger partial charge on any atom is -0.496 e. The van der Waals surface area contributed by atoms with Crippen molar-refractivity contribution < 1.29 is 4.74 Å². The highest BCUT2D eigenvalue weighted by Gasteiger charge is 2.16. The number of aryl methyl sites for hydroxylation is 1. The highest BCUT2D eigenvalue weighted by molar-refractivity contribution is 7.10. The van der Waals surface area contributed by atoms with Gasteiger partial charge in [-0.3, -0.25) is 0 Å². The van der Waals surface area contributed by atoms with Crippen molar-refractivity contribution in [2.45, 2.75) is 20.8 Å². The highest BCUT2D eigenvalue weighted by Crippen LogP contribution is 2.35. The van der Waals surface area contributed by atoms with Crippen molar-refractivity contribution >= 4 is 11.3 Å². The predicted octanol–water partition coefficient (Wildman–Crippen LogP) is 3.62. The molecule has 0 spiro atoms. The third-order valence-corrected chi connectivity index (χ3v) is 3.89. The minimum atomic E-state index is 0.655. The van der Waals surface area contributed by atoms with E-state index in [1.807, 2.05) is 26.8 Å². The van der Waals surface area contributed by atoms with Gasteiger partial charge in [0, 0.05) is 5.56 Å². The number of rotatable bonds is 2. The Morgan fingerprint density at radius 2 is 2.00 bits per heavy atom. The lowest BCUT2D eigenvalue weighted by Gasteiger charge is -2.14. The van der Waals surface area contributed by atoms with Crippen molar-refractivity contribution in [3.05, 3.63) is 33.1 Å². The number of methoxy groups -OCH3 is 1. The summed E-state index contributed by atoms with van der Waals surface area (Å²) in [5, 5.41) is 9.09. The molecule has 0 aliphatic rings. The predicted molar refractivity (Wildman–Crippen MR) is 73.0 cm³/mol. The number of thiazole rings is 1. The second-order valence-corrected chi connectivity index (χ2v) is 5.02. The molecule has 0 saturated heterocycles. The zero-order chi connectivity index (χ0) is 13.3. The molecular weight excluding hydrogens is 244 g/mol. The molecule has 1 aromatic carbocycles. The second-order valence-electron chi connectivity index (χ2n) is 4.17. The van der Waals surface area contributed by atoms with Crippen LogP contribution in [0.3, 0.4) is 0 Å². The number of ether oxygens (including phenoxy) is 1. The maximum absolute atomic E-state index is 9.09. The lowest BCUT2D eigenvalue weighted by molar-refractivity contribution is 0.408. The molecule has 4 heteroatoms. The quantitative estimate of drug-likeness (QED) is 0.826. The Labute approximate surface area is 111 Å². The average molecular weight is 258 g/mol. The molecular formula is C14H14N2OS. The van der Waals surface area contributed by atoms with Gasteiger partial charge in [0.2, 0.25) is 0 Å². The summed E-state index contributed by atoms with van der Waals surface area (Å²) >= 11 is 1.37. The second kappa shape index (κ2) is 4.79. The first-order valence-corrected chi connectivity index (χ1v) is 6.46. The fraction of sp³-hybridized carbons (Fsp3) is 0.286. The van der Waals surface area contributed by atoms with Crippen molar-refractivity contribution in [3.63, 3.8) is 0 Å². The van der Waals surface area contributed by atoms with E-state index in [1.165, 1.54) is 11.3 Å². The third kappa shape index (κ3) is 1.87. The zero-order valence-electron chi connectivity index (χ0n) is 10.9. The zero-order valence-corrected chi connectivity index (χ0v) is 11.7. The average Bonchev–Trinajstić information content (AvgIpc) is 2.82. The molecule has 18 heavy (non-hydrogen) atoms. The Hall–Kier alpha value is -1.86. The smallest absolute Gasteiger partial charge is 0.132 e. The van der Waals surface area contributed by atoms with Gasteiger partial charge in [0.15, 0.2) is 0 Å². The maximum Gasteiger partial charge on any atom is 0.132 e. The number of nitriles is 1. The van der Waals surface area contributed by atoms with Crippen LogP contribution in [0.25, 0.3) is 11.3 Å². The van der Waals surface area contributed by atoms with Gasteiger partial charge in [-0.1, -0.05) is 0 Å². The van der Waals surface area contributed by atoms with Gasteiger partial charge < -0.3 is 4.74 Å². The Bertz CT molecular complexity index is 638. The van der Waals surface area contributed by atoms with Crippen LogP contribution in [-0.4, -0.2) is 12.1 Å². The standard InChI is InChI=1S/C14H14N2OS/c1-8-5-11(9(2)10(3)14(8)17-4)13-12(6-15)18-7-16-13/h5,7H,1-4H3. The molecule has 0 fully saturated rings. The van der Waals surface area contributed by atoms with Gasteiger partial charge in [-0.25, -0.2) is 4.98 Å².